The highest BCUT2D eigenvalue weighted by Gasteiger charge is 2.30. The zero-order valence-corrected chi connectivity index (χ0v) is 12.3. The molecule has 0 heterocycles. The number of nitrogens with zero attached hydrogens (tertiary/aromatic N) is 1. The maximum Gasteiger partial charge on any atom is 0.0968 e. The molecule has 0 spiro atoms. The van der Waals surface area contributed by atoms with Crippen molar-refractivity contribution >= 4 is 5.84 Å². The van der Waals surface area contributed by atoms with Crippen LogP contribution in [0.1, 0.15) is 60.3 Å². The van der Waals surface area contributed by atoms with E-state index in [1.165, 1.54) is 25.7 Å². The molecule has 0 saturated heterocycles. The minimum atomic E-state index is 0.453. The number of hydrogen-bond acceptors (Lipinski definition) is 1. The molecule has 2 nitrogen and oxygen atoms in total. The zero-order chi connectivity index (χ0) is 13.1. The van der Waals surface area contributed by atoms with Crippen LogP contribution in [0.25, 0.3) is 0 Å². The summed E-state index contributed by atoms with van der Waals surface area (Å²) in [6.07, 6.45) is 5.09. The van der Waals surface area contributed by atoms with Crippen molar-refractivity contribution in [1.82, 2.24) is 0 Å². The smallest absolute Gasteiger partial charge is 0.0968 e. The van der Waals surface area contributed by atoms with E-state index in [-0.39, 0.29) is 0 Å². The minimum Gasteiger partial charge on any atom is -0.387 e. The molecular weight excluding hydrogens is 208 g/mol. The molecule has 17 heavy (non-hydrogen) atoms. The lowest BCUT2D eigenvalue weighted by Crippen LogP contribution is -2.32. The van der Waals surface area contributed by atoms with Crippen molar-refractivity contribution in [2.45, 2.75) is 60.3 Å². The van der Waals surface area contributed by atoms with E-state index in [0.29, 0.717) is 17.3 Å². The van der Waals surface area contributed by atoms with E-state index in [9.17, 15) is 0 Å². The van der Waals surface area contributed by atoms with Crippen LogP contribution in [0.3, 0.4) is 0 Å². The molecule has 0 atom stereocenters. The third-order valence-corrected chi connectivity index (χ3v) is 4.01. The van der Waals surface area contributed by atoms with Gasteiger partial charge in [-0.15, -0.1) is 0 Å². The second-order valence-electron chi connectivity index (χ2n) is 7.07. The Balaban J connectivity index is 2.44. The SMILES string of the molecule is CC(C)CN=C(N)C1CCC(C(C)(C)C)CC1. The van der Waals surface area contributed by atoms with Crippen molar-refractivity contribution in [2.75, 3.05) is 6.54 Å². The maximum atomic E-state index is 6.10. The summed E-state index contributed by atoms with van der Waals surface area (Å²) in [6, 6.07) is 0. The number of nitrogens with two attached hydrogens (primary N) is 1. The van der Waals surface area contributed by atoms with Gasteiger partial charge in [-0.25, -0.2) is 0 Å². The van der Waals surface area contributed by atoms with Gasteiger partial charge in [0, 0.05) is 12.5 Å². The fraction of sp³-hybridized carbons (Fsp3) is 0.933. The van der Waals surface area contributed by atoms with Gasteiger partial charge in [0.25, 0.3) is 0 Å². The molecule has 1 aliphatic rings. The van der Waals surface area contributed by atoms with Gasteiger partial charge < -0.3 is 5.73 Å². The molecule has 0 bridgehead atoms. The summed E-state index contributed by atoms with van der Waals surface area (Å²) in [5.41, 5.74) is 6.55. The number of amidine groups is 1. The predicted octanol–water partition coefficient (Wildman–Crippen LogP) is 3.85. The first kappa shape index (κ1) is 14.5. The topological polar surface area (TPSA) is 38.4 Å². The van der Waals surface area contributed by atoms with Gasteiger partial charge in [-0.3, -0.25) is 4.99 Å². The van der Waals surface area contributed by atoms with Gasteiger partial charge in [-0.05, 0) is 42.9 Å². The van der Waals surface area contributed by atoms with Gasteiger partial charge >= 0.3 is 0 Å². The second-order valence-corrected chi connectivity index (χ2v) is 7.07. The molecular formula is C15H30N2. The number of hydrogen-bond donors (Lipinski definition) is 1. The first-order valence-corrected chi connectivity index (χ1v) is 7.10. The van der Waals surface area contributed by atoms with Gasteiger partial charge in [0.2, 0.25) is 0 Å². The van der Waals surface area contributed by atoms with Crippen molar-refractivity contribution < 1.29 is 0 Å². The van der Waals surface area contributed by atoms with Crippen LogP contribution in [0.5, 0.6) is 0 Å². The largest absolute Gasteiger partial charge is 0.387 e. The van der Waals surface area contributed by atoms with Gasteiger partial charge in [0.15, 0.2) is 0 Å². The summed E-state index contributed by atoms with van der Waals surface area (Å²) >= 11 is 0. The lowest BCUT2D eigenvalue weighted by atomic mass is 9.69. The maximum absolute atomic E-state index is 6.10. The van der Waals surface area contributed by atoms with Gasteiger partial charge in [-0.1, -0.05) is 34.6 Å². The van der Waals surface area contributed by atoms with E-state index in [1.807, 2.05) is 0 Å². The summed E-state index contributed by atoms with van der Waals surface area (Å²) in [7, 11) is 0. The van der Waals surface area contributed by atoms with Crippen LogP contribution in [0, 0.1) is 23.2 Å². The molecule has 0 unspecified atom stereocenters. The highest BCUT2D eigenvalue weighted by Crippen LogP contribution is 2.39. The Labute approximate surface area is 107 Å². The Hall–Kier alpha value is -0.530. The average molecular weight is 238 g/mol. The third-order valence-electron chi connectivity index (χ3n) is 4.01. The van der Waals surface area contributed by atoms with E-state index in [4.69, 9.17) is 5.73 Å². The quantitative estimate of drug-likeness (QED) is 0.588. The lowest BCUT2D eigenvalue weighted by molar-refractivity contribution is 0.166. The molecule has 2 heteroatoms. The van der Waals surface area contributed by atoms with Crippen molar-refractivity contribution in [2.24, 2.45) is 33.9 Å². The highest BCUT2D eigenvalue weighted by atomic mass is 14.9. The zero-order valence-electron chi connectivity index (χ0n) is 12.3. The number of rotatable bonds is 3. The molecule has 1 saturated carbocycles. The Morgan fingerprint density at radius 3 is 2.12 bits per heavy atom. The first-order chi connectivity index (χ1) is 7.80. The summed E-state index contributed by atoms with van der Waals surface area (Å²) in [6.45, 7) is 12.3. The normalized spacial score (nSPS) is 27.5. The highest BCUT2D eigenvalue weighted by molar-refractivity contribution is 5.82. The van der Waals surface area contributed by atoms with Crippen LogP contribution in [-0.4, -0.2) is 12.4 Å². The Kier molecular flexibility index (Phi) is 5.03. The van der Waals surface area contributed by atoms with Crippen LogP contribution < -0.4 is 5.73 Å². The second kappa shape index (κ2) is 5.88. The van der Waals surface area contributed by atoms with E-state index in [0.717, 1.165) is 18.3 Å². The van der Waals surface area contributed by atoms with Gasteiger partial charge in [0.05, 0.1) is 5.84 Å². The molecule has 1 aliphatic carbocycles. The molecule has 0 aromatic rings. The van der Waals surface area contributed by atoms with E-state index in [1.54, 1.807) is 0 Å². The summed E-state index contributed by atoms with van der Waals surface area (Å²) in [5.74, 6) is 2.93. The van der Waals surface area contributed by atoms with E-state index >= 15 is 0 Å². The minimum absolute atomic E-state index is 0.453. The van der Waals surface area contributed by atoms with Crippen molar-refractivity contribution in [3.05, 3.63) is 0 Å². The van der Waals surface area contributed by atoms with Gasteiger partial charge in [-0.2, -0.15) is 0 Å². The van der Waals surface area contributed by atoms with Crippen molar-refractivity contribution in [3.63, 3.8) is 0 Å². The molecule has 1 rings (SSSR count). The summed E-state index contributed by atoms with van der Waals surface area (Å²) in [5, 5.41) is 0. The first-order valence-electron chi connectivity index (χ1n) is 7.10. The van der Waals surface area contributed by atoms with Crippen LogP contribution in [0.15, 0.2) is 4.99 Å². The lowest BCUT2D eigenvalue weighted by Gasteiger charge is -2.36. The molecule has 0 aromatic heterocycles. The standard InChI is InChI=1S/C15H30N2/c1-11(2)10-17-14(16)12-6-8-13(9-7-12)15(3,4)5/h11-13H,6-10H2,1-5H3,(H2,16,17). The van der Waals surface area contributed by atoms with E-state index in [2.05, 4.69) is 39.6 Å². The molecule has 0 amide bonds. The van der Waals surface area contributed by atoms with Crippen molar-refractivity contribution in [3.8, 4) is 0 Å². The van der Waals surface area contributed by atoms with Crippen LogP contribution >= 0.6 is 0 Å². The van der Waals surface area contributed by atoms with Crippen LogP contribution in [-0.2, 0) is 0 Å². The Morgan fingerprint density at radius 1 is 1.18 bits per heavy atom. The molecule has 1 fully saturated rings. The molecule has 0 radical (unpaired) electrons. The summed E-state index contributed by atoms with van der Waals surface area (Å²) in [4.78, 5) is 4.53. The molecule has 0 aromatic carbocycles. The average Bonchev–Trinajstić information content (AvgIpc) is 2.25. The van der Waals surface area contributed by atoms with Crippen LogP contribution in [0.2, 0.25) is 0 Å². The number of aliphatic imine (C=N–C) groups is 1. The van der Waals surface area contributed by atoms with Crippen LogP contribution in [0.4, 0.5) is 0 Å². The fourth-order valence-corrected chi connectivity index (χ4v) is 2.67. The Bertz CT molecular complexity index is 253. The monoisotopic (exact) mass is 238 g/mol. The molecule has 100 valence electrons. The van der Waals surface area contributed by atoms with Crippen molar-refractivity contribution in [1.29, 1.82) is 0 Å². The molecule has 2 N–H and O–H groups in total. The Morgan fingerprint density at radius 2 is 1.71 bits per heavy atom. The summed E-state index contributed by atoms with van der Waals surface area (Å²) < 4.78 is 0. The van der Waals surface area contributed by atoms with E-state index < -0.39 is 0 Å². The van der Waals surface area contributed by atoms with Gasteiger partial charge in [0.1, 0.15) is 0 Å². The fourth-order valence-electron chi connectivity index (χ4n) is 2.67. The predicted molar refractivity (Wildman–Crippen MR) is 76.2 cm³/mol. The molecule has 0 aliphatic heterocycles. The third kappa shape index (κ3) is 4.69.